The Morgan fingerprint density at radius 3 is 2.44 bits per heavy atom. The first kappa shape index (κ1) is 19.9. The van der Waals surface area contributed by atoms with E-state index in [0.717, 1.165) is 50.3 Å². The summed E-state index contributed by atoms with van der Waals surface area (Å²) in [5.74, 6) is 1.09. The van der Waals surface area contributed by atoms with Gasteiger partial charge < -0.3 is 19.6 Å². The highest BCUT2D eigenvalue weighted by Crippen LogP contribution is 2.37. The van der Waals surface area contributed by atoms with Gasteiger partial charge in [-0.25, -0.2) is 0 Å². The first-order valence-electron chi connectivity index (χ1n) is 9.79. The third-order valence-corrected chi connectivity index (χ3v) is 5.70. The van der Waals surface area contributed by atoms with Gasteiger partial charge in [0.2, 0.25) is 0 Å². The molecule has 0 aromatic heterocycles. The van der Waals surface area contributed by atoms with Crippen molar-refractivity contribution < 1.29 is 9.84 Å². The molecule has 0 amide bonds. The van der Waals surface area contributed by atoms with Crippen LogP contribution in [0.4, 0.5) is 0 Å². The zero-order valence-corrected chi connectivity index (χ0v) is 16.8. The minimum Gasteiger partial charge on any atom is -0.497 e. The van der Waals surface area contributed by atoms with Crippen molar-refractivity contribution in [2.75, 3.05) is 47.4 Å². The smallest absolute Gasteiger partial charge is 0.118 e. The van der Waals surface area contributed by atoms with E-state index in [2.05, 4.69) is 48.2 Å². The lowest BCUT2D eigenvalue weighted by Gasteiger charge is -2.46. The van der Waals surface area contributed by atoms with Gasteiger partial charge in [-0.05, 0) is 50.2 Å². The standard InChI is InChI=1S/C23H32N2O2/c1-24(2)17-21-18-25(15-13-19-9-11-22(27-3)12-10-19)16-14-23(21,26)20-7-5-4-6-8-20/h4-12,21,26H,13-18H2,1-3H3. The normalized spacial score (nSPS) is 23.5. The molecule has 1 saturated heterocycles. The van der Waals surface area contributed by atoms with Gasteiger partial charge in [0.05, 0.1) is 12.7 Å². The van der Waals surface area contributed by atoms with Crippen molar-refractivity contribution in [1.82, 2.24) is 9.80 Å². The Hall–Kier alpha value is -1.88. The zero-order chi connectivity index (χ0) is 19.3. The van der Waals surface area contributed by atoms with E-state index in [4.69, 9.17) is 4.74 Å². The Kier molecular flexibility index (Phi) is 6.53. The van der Waals surface area contributed by atoms with Gasteiger partial charge in [-0.15, -0.1) is 0 Å². The molecule has 0 radical (unpaired) electrons. The maximum Gasteiger partial charge on any atom is 0.118 e. The topological polar surface area (TPSA) is 35.9 Å². The minimum atomic E-state index is -0.748. The highest BCUT2D eigenvalue weighted by Gasteiger charge is 2.42. The maximum atomic E-state index is 11.5. The Bertz CT molecular complexity index is 702. The van der Waals surface area contributed by atoms with Crippen LogP contribution in [-0.2, 0) is 12.0 Å². The lowest BCUT2D eigenvalue weighted by Crippen LogP contribution is -2.53. The van der Waals surface area contributed by atoms with Crippen LogP contribution < -0.4 is 4.74 Å². The Labute approximate surface area is 163 Å². The number of rotatable bonds is 7. The molecule has 0 saturated carbocycles. The number of benzene rings is 2. The quantitative estimate of drug-likeness (QED) is 0.815. The summed E-state index contributed by atoms with van der Waals surface area (Å²) in [6, 6.07) is 18.5. The Balaban J connectivity index is 1.66. The summed E-state index contributed by atoms with van der Waals surface area (Å²) in [4.78, 5) is 4.68. The number of aliphatic hydroxyl groups is 1. The highest BCUT2D eigenvalue weighted by molar-refractivity contribution is 5.27. The lowest BCUT2D eigenvalue weighted by molar-refractivity contribution is -0.0843. The summed E-state index contributed by atoms with van der Waals surface area (Å²) in [6.45, 7) is 3.73. The van der Waals surface area contributed by atoms with Crippen molar-refractivity contribution in [2.45, 2.75) is 18.4 Å². The molecule has 2 aromatic carbocycles. The van der Waals surface area contributed by atoms with E-state index in [1.54, 1.807) is 7.11 Å². The van der Waals surface area contributed by atoms with Gasteiger partial charge >= 0.3 is 0 Å². The molecule has 1 aliphatic rings. The molecule has 2 atom stereocenters. The van der Waals surface area contributed by atoms with Gasteiger partial charge in [0.25, 0.3) is 0 Å². The van der Waals surface area contributed by atoms with Crippen LogP contribution in [0.2, 0.25) is 0 Å². The van der Waals surface area contributed by atoms with E-state index in [1.165, 1.54) is 5.56 Å². The molecule has 2 unspecified atom stereocenters. The number of hydrogen-bond acceptors (Lipinski definition) is 4. The van der Waals surface area contributed by atoms with Crippen LogP contribution >= 0.6 is 0 Å². The number of nitrogens with zero attached hydrogens (tertiary/aromatic N) is 2. The minimum absolute atomic E-state index is 0.194. The Morgan fingerprint density at radius 2 is 1.81 bits per heavy atom. The highest BCUT2D eigenvalue weighted by atomic mass is 16.5. The van der Waals surface area contributed by atoms with Crippen LogP contribution in [0.1, 0.15) is 17.5 Å². The molecule has 2 aromatic rings. The van der Waals surface area contributed by atoms with Crippen LogP contribution in [0, 0.1) is 5.92 Å². The van der Waals surface area contributed by atoms with E-state index in [-0.39, 0.29) is 5.92 Å². The maximum absolute atomic E-state index is 11.5. The molecule has 1 fully saturated rings. The molecule has 1 N–H and O–H groups in total. The molecule has 27 heavy (non-hydrogen) atoms. The number of methoxy groups -OCH3 is 1. The van der Waals surface area contributed by atoms with Crippen LogP contribution in [0.25, 0.3) is 0 Å². The molecular formula is C23H32N2O2. The van der Waals surface area contributed by atoms with Gasteiger partial charge in [-0.2, -0.15) is 0 Å². The largest absolute Gasteiger partial charge is 0.497 e. The summed E-state index contributed by atoms with van der Waals surface area (Å²) in [7, 11) is 5.87. The van der Waals surface area contributed by atoms with E-state index >= 15 is 0 Å². The second-order valence-corrected chi connectivity index (χ2v) is 7.90. The van der Waals surface area contributed by atoms with Gasteiger partial charge in [0.15, 0.2) is 0 Å². The number of ether oxygens (including phenoxy) is 1. The summed E-state index contributed by atoms with van der Waals surface area (Å²) in [6.07, 6.45) is 1.79. The second-order valence-electron chi connectivity index (χ2n) is 7.90. The van der Waals surface area contributed by atoms with Gasteiger partial charge in [-0.3, -0.25) is 0 Å². The fourth-order valence-electron chi connectivity index (χ4n) is 4.13. The van der Waals surface area contributed by atoms with E-state index in [9.17, 15) is 5.11 Å². The lowest BCUT2D eigenvalue weighted by atomic mass is 9.75. The summed E-state index contributed by atoms with van der Waals surface area (Å²) >= 11 is 0. The summed E-state index contributed by atoms with van der Waals surface area (Å²) in [5.41, 5.74) is 1.62. The SMILES string of the molecule is COc1ccc(CCN2CCC(O)(c3ccccc3)C(CN(C)C)C2)cc1. The average molecular weight is 369 g/mol. The zero-order valence-electron chi connectivity index (χ0n) is 16.8. The first-order valence-corrected chi connectivity index (χ1v) is 9.79. The molecule has 0 aliphatic carbocycles. The number of piperidine rings is 1. The predicted molar refractivity (Wildman–Crippen MR) is 110 cm³/mol. The van der Waals surface area contributed by atoms with Gasteiger partial charge in [0.1, 0.15) is 5.75 Å². The molecular weight excluding hydrogens is 336 g/mol. The molecule has 1 aliphatic heterocycles. The molecule has 146 valence electrons. The van der Waals surface area contributed by atoms with Crippen LogP contribution in [0.15, 0.2) is 54.6 Å². The molecule has 0 bridgehead atoms. The van der Waals surface area contributed by atoms with Crippen molar-refractivity contribution in [1.29, 1.82) is 0 Å². The van der Waals surface area contributed by atoms with Crippen molar-refractivity contribution >= 4 is 0 Å². The Morgan fingerprint density at radius 1 is 1.11 bits per heavy atom. The summed E-state index contributed by atoms with van der Waals surface area (Å²) in [5, 5.41) is 11.5. The fourth-order valence-corrected chi connectivity index (χ4v) is 4.13. The van der Waals surface area contributed by atoms with Crippen LogP contribution in [-0.4, -0.2) is 62.3 Å². The molecule has 4 heteroatoms. The molecule has 0 spiro atoms. The van der Waals surface area contributed by atoms with Gasteiger partial charge in [-0.1, -0.05) is 42.5 Å². The van der Waals surface area contributed by atoms with E-state index in [0.29, 0.717) is 0 Å². The molecule has 3 rings (SSSR count). The average Bonchev–Trinajstić information content (AvgIpc) is 2.69. The third kappa shape index (κ3) is 4.89. The second kappa shape index (κ2) is 8.87. The number of likely N-dealkylation sites (tertiary alicyclic amines) is 1. The van der Waals surface area contributed by atoms with Crippen molar-refractivity contribution in [3.8, 4) is 5.75 Å². The molecule has 1 heterocycles. The van der Waals surface area contributed by atoms with Crippen LogP contribution in [0.5, 0.6) is 5.75 Å². The van der Waals surface area contributed by atoms with Crippen molar-refractivity contribution in [3.05, 3.63) is 65.7 Å². The number of hydrogen-bond donors (Lipinski definition) is 1. The van der Waals surface area contributed by atoms with Gasteiger partial charge in [0, 0.05) is 32.1 Å². The van der Waals surface area contributed by atoms with Crippen molar-refractivity contribution in [2.24, 2.45) is 5.92 Å². The first-order chi connectivity index (χ1) is 13.0. The summed E-state index contributed by atoms with van der Waals surface area (Å²) < 4.78 is 5.24. The van der Waals surface area contributed by atoms with E-state index < -0.39 is 5.60 Å². The fraction of sp³-hybridized carbons (Fsp3) is 0.478. The molecule has 4 nitrogen and oxygen atoms in total. The van der Waals surface area contributed by atoms with E-state index in [1.807, 2.05) is 30.3 Å². The predicted octanol–water partition coefficient (Wildman–Crippen LogP) is 3.01. The van der Waals surface area contributed by atoms with Crippen molar-refractivity contribution in [3.63, 3.8) is 0 Å². The van der Waals surface area contributed by atoms with Crippen LogP contribution in [0.3, 0.4) is 0 Å². The third-order valence-electron chi connectivity index (χ3n) is 5.70. The monoisotopic (exact) mass is 368 g/mol.